The Labute approximate surface area is 156 Å². The van der Waals surface area contributed by atoms with Gasteiger partial charge in [-0.05, 0) is 25.3 Å². The van der Waals surface area contributed by atoms with Gasteiger partial charge < -0.3 is 10.00 Å². The second-order valence-corrected chi connectivity index (χ2v) is 7.08. The number of piperidine rings is 1. The van der Waals surface area contributed by atoms with E-state index in [0.717, 1.165) is 35.4 Å². The van der Waals surface area contributed by atoms with Crippen LogP contribution < -0.4 is 5.56 Å². The first kappa shape index (κ1) is 17.3. The van der Waals surface area contributed by atoms with Gasteiger partial charge in [0.05, 0.1) is 12.6 Å². The molecule has 0 atom stereocenters. The second-order valence-electron chi connectivity index (χ2n) is 7.08. The molecule has 27 heavy (non-hydrogen) atoms. The Balaban J connectivity index is 1.42. The fraction of sp³-hybridized carbons (Fsp3) is 0.350. The summed E-state index contributed by atoms with van der Waals surface area (Å²) in [7, 11) is 0. The Kier molecular flexibility index (Phi) is 4.66. The molecular formula is C20H23N5O2. The summed E-state index contributed by atoms with van der Waals surface area (Å²) >= 11 is 0. The van der Waals surface area contributed by atoms with Crippen LogP contribution in [0.15, 0.2) is 41.3 Å². The molecule has 0 aliphatic carbocycles. The molecule has 1 aliphatic rings. The summed E-state index contributed by atoms with van der Waals surface area (Å²) in [6.07, 6.45) is 3.80. The van der Waals surface area contributed by atoms with Crippen LogP contribution in [0, 0.1) is 6.92 Å². The van der Waals surface area contributed by atoms with E-state index in [1.54, 1.807) is 6.92 Å². The molecule has 0 bridgehead atoms. The molecule has 1 aromatic carbocycles. The summed E-state index contributed by atoms with van der Waals surface area (Å²) in [6.45, 7) is 3.19. The molecular weight excluding hydrogens is 342 g/mol. The molecule has 1 aliphatic heterocycles. The van der Waals surface area contributed by atoms with Crippen LogP contribution in [0.5, 0.6) is 0 Å². The minimum absolute atomic E-state index is 0.00884. The lowest BCUT2D eigenvalue weighted by atomic mass is 9.89. The summed E-state index contributed by atoms with van der Waals surface area (Å²) in [5.41, 5.74) is 4.49. The van der Waals surface area contributed by atoms with Crippen molar-refractivity contribution < 1.29 is 4.79 Å². The van der Waals surface area contributed by atoms with Crippen LogP contribution in [0.2, 0.25) is 0 Å². The van der Waals surface area contributed by atoms with Crippen LogP contribution in [0.1, 0.15) is 35.7 Å². The quantitative estimate of drug-likeness (QED) is 0.662. The molecule has 140 valence electrons. The van der Waals surface area contributed by atoms with E-state index in [4.69, 9.17) is 0 Å². The van der Waals surface area contributed by atoms with Crippen molar-refractivity contribution in [2.75, 3.05) is 13.1 Å². The van der Waals surface area contributed by atoms with Crippen LogP contribution >= 0.6 is 0 Å². The van der Waals surface area contributed by atoms with Gasteiger partial charge in [-0.2, -0.15) is 5.10 Å². The smallest absolute Gasteiger partial charge is 0.267 e. The molecule has 3 heterocycles. The van der Waals surface area contributed by atoms with Gasteiger partial charge in [-0.15, -0.1) is 0 Å². The van der Waals surface area contributed by atoms with E-state index in [-0.39, 0.29) is 17.9 Å². The van der Waals surface area contributed by atoms with Crippen molar-refractivity contribution in [3.05, 3.63) is 63.8 Å². The SMILES string of the molecule is Cc1[nH][nH]c(=O)c1CC(=O)N1CCC(c2[nH]ncc2-c2ccccc2)CC1. The van der Waals surface area contributed by atoms with Gasteiger partial charge in [0.25, 0.3) is 5.56 Å². The summed E-state index contributed by atoms with van der Waals surface area (Å²) in [6, 6.07) is 10.2. The van der Waals surface area contributed by atoms with Crippen molar-refractivity contribution in [1.29, 1.82) is 0 Å². The first-order chi connectivity index (χ1) is 13.1. The molecule has 1 saturated heterocycles. The number of benzene rings is 1. The summed E-state index contributed by atoms with van der Waals surface area (Å²) in [5, 5.41) is 12.7. The van der Waals surface area contributed by atoms with Crippen molar-refractivity contribution in [1.82, 2.24) is 25.3 Å². The lowest BCUT2D eigenvalue weighted by molar-refractivity contribution is -0.131. The van der Waals surface area contributed by atoms with Crippen molar-refractivity contribution in [2.24, 2.45) is 0 Å². The Bertz CT molecular complexity index is 977. The predicted molar refractivity (Wildman–Crippen MR) is 102 cm³/mol. The molecule has 3 N–H and O–H groups in total. The number of aryl methyl sites for hydroxylation is 1. The predicted octanol–water partition coefficient (Wildman–Crippen LogP) is 2.35. The van der Waals surface area contributed by atoms with Crippen molar-refractivity contribution in [3.8, 4) is 11.1 Å². The molecule has 1 amide bonds. The van der Waals surface area contributed by atoms with Crippen LogP contribution in [-0.2, 0) is 11.2 Å². The molecule has 7 nitrogen and oxygen atoms in total. The van der Waals surface area contributed by atoms with Gasteiger partial charge in [0.15, 0.2) is 0 Å². The minimum Gasteiger partial charge on any atom is -0.342 e. The third-order valence-corrected chi connectivity index (χ3v) is 5.43. The van der Waals surface area contributed by atoms with Gasteiger partial charge in [0.1, 0.15) is 0 Å². The van der Waals surface area contributed by atoms with E-state index in [2.05, 4.69) is 32.5 Å². The fourth-order valence-corrected chi connectivity index (χ4v) is 3.82. The van der Waals surface area contributed by atoms with Gasteiger partial charge in [-0.1, -0.05) is 30.3 Å². The van der Waals surface area contributed by atoms with Gasteiger partial charge in [-0.25, -0.2) is 0 Å². The lowest BCUT2D eigenvalue weighted by Gasteiger charge is -2.32. The zero-order valence-electron chi connectivity index (χ0n) is 15.3. The van der Waals surface area contributed by atoms with Crippen LogP contribution in [-0.4, -0.2) is 44.3 Å². The average molecular weight is 365 g/mol. The van der Waals surface area contributed by atoms with Gasteiger partial charge in [0, 0.05) is 41.5 Å². The zero-order chi connectivity index (χ0) is 18.8. The number of aromatic amines is 3. The van der Waals surface area contributed by atoms with E-state index in [9.17, 15) is 9.59 Å². The molecule has 0 radical (unpaired) electrons. The Morgan fingerprint density at radius 1 is 1.19 bits per heavy atom. The highest BCUT2D eigenvalue weighted by Crippen LogP contribution is 2.33. The third-order valence-electron chi connectivity index (χ3n) is 5.43. The number of carbonyl (C=O) groups is 1. The van der Waals surface area contributed by atoms with E-state index < -0.39 is 0 Å². The Morgan fingerprint density at radius 3 is 2.59 bits per heavy atom. The zero-order valence-corrected chi connectivity index (χ0v) is 15.3. The van der Waals surface area contributed by atoms with E-state index >= 15 is 0 Å². The van der Waals surface area contributed by atoms with Crippen molar-refractivity contribution in [2.45, 2.75) is 32.1 Å². The Morgan fingerprint density at radius 2 is 1.93 bits per heavy atom. The summed E-state index contributed by atoms with van der Waals surface area (Å²) in [4.78, 5) is 26.2. The number of likely N-dealkylation sites (tertiary alicyclic amines) is 1. The average Bonchev–Trinajstić information content (AvgIpc) is 3.31. The highest BCUT2D eigenvalue weighted by molar-refractivity contribution is 5.79. The highest BCUT2D eigenvalue weighted by atomic mass is 16.2. The molecule has 7 heteroatoms. The summed E-state index contributed by atoms with van der Waals surface area (Å²) in [5.74, 6) is 0.360. The number of hydrogen-bond donors (Lipinski definition) is 3. The van der Waals surface area contributed by atoms with E-state index in [0.29, 0.717) is 24.6 Å². The maximum Gasteiger partial charge on any atom is 0.267 e. The normalized spacial score (nSPS) is 15.2. The number of H-pyrrole nitrogens is 3. The highest BCUT2D eigenvalue weighted by Gasteiger charge is 2.27. The molecule has 1 fully saturated rings. The largest absolute Gasteiger partial charge is 0.342 e. The number of amides is 1. The van der Waals surface area contributed by atoms with Gasteiger partial charge in [0.2, 0.25) is 5.91 Å². The maximum atomic E-state index is 12.6. The van der Waals surface area contributed by atoms with Crippen LogP contribution in [0.25, 0.3) is 11.1 Å². The van der Waals surface area contributed by atoms with Crippen LogP contribution in [0.4, 0.5) is 0 Å². The van der Waals surface area contributed by atoms with Gasteiger partial charge in [-0.3, -0.25) is 19.8 Å². The minimum atomic E-state index is -0.208. The molecule has 3 aromatic rings. The molecule has 0 unspecified atom stereocenters. The maximum absolute atomic E-state index is 12.6. The van der Waals surface area contributed by atoms with Crippen molar-refractivity contribution in [3.63, 3.8) is 0 Å². The molecule has 0 spiro atoms. The first-order valence-electron chi connectivity index (χ1n) is 9.26. The monoisotopic (exact) mass is 365 g/mol. The molecule has 2 aromatic heterocycles. The van der Waals surface area contributed by atoms with Crippen molar-refractivity contribution >= 4 is 5.91 Å². The van der Waals surface area contributed by atoms with Gasteiger partial charge >= 0.3 is 0 Å². The lowest BCUT2D eigenvalue weighted by Crippen LogP contribution is -2.39. The van der Waals surface area contributed by atoms with Crippen LogP contribution in [0.3, 0.4) is 0 Å². The van der Waals surface area contributed by atoms with E-state index in [1.165, 1.54) is 0 Å². The number of nitrogens with zero attached hydrogens (tertiary/aromatic N) is 2. The Hall–Kier alpha value is -3.09. The second kappa shape index (κ2) is 7.26. The topological polar surface area (TPSA) is 97.6 Å². The third kappa shape index (κ3) is 3.45. The number of aromatic nitrogens is 4. The number of nitrogens with one attached hydrogen (secondary N) is 3. The standard InChI is InChI=1S/C20H23N5O2/c1-13-16(20(27)24-22-13)11-18(26)25-9-7-15(8-10-25)19-17(12-21-23-19)14-5-3-2-4-6-14/h2-6,12,15H,7-11H2,1H3,(H,21,23)(H2,22,24,27). The van der Waals surface area contributed by atoms with E-state index in [1.807, 2.05) is 29.3 Å². The number of rotatable bonds is 4. The number of carbonyl (C=O) groups excluding carboxylic acids is 1. The molecule has 4 rings (SSSR count). The number of hydrogen-bond acceptors (Lipinski definition) is 3. The fourth-order valence-electron chi connectivity index (χ4n) is 3.82. The first-order valence-corrected chi connectivity index (χ1v) is 9.26. The summed E-state index contributed by atoms with van der Waals surface area (Å²) < 4.78 is 0. The molecule has 0 saturated carbocycles.